The van der Waals surface area contributed by atoms with Gasteiger partial charge in [-0.25, -0.2) is 9.50 Å². The third-order valence-corrected chi connectivity index (χ3v) is 5.88. The van der Waals surface area contributed by atoms with Crippen molar-refractivity contribution >= 4 is 27.4 Å². The van der Waals surface area contributed by atoms with Gasteiger partial charge >= 0.3 is 0 Å². The predicted molar refractivity (Wildman–Crippen MR) is 122 cm³/mol. The van der Waals surface area contributed by atoms with Crippen molar-refractivity contribution < 1.29 is 4.79 Å². The summed E-state index contributed by atoms with van der Waals surface area (Å²) in [7, 11) is 0. The van der Waals surface area contributed by atoms with Gasteiger partial charge in [-0.3, -0.25) is 9.69 Å². The van der Waals surface area contributed by atoms with Gasteiger partial charge in [0.2, 0.25) is 5.91 Å². The van der Waals surface area contributed by atoms with Gasteiger partial charge < -0.3 is 4.90 Å². The van der Waals surface area contributed by atoms with Gasteiger partial charge in [0.1, 0.15) is 6.33 Å². The third-order valence-electron chi connectivity index (χ3n) is 5.45. The van der Waals surface area contributed by atoms with E-state index in [0.717, 1.165) is 40.9 Å². The lowest BCUT2D eigenvalue weighted by molar-refractivity contribution is -0.137. The Balaban J connectivity index is 1.50. The smallest absolute Gasteiger partial charge is 0.237 e. The zero-order valence-electron chi connectivity index (χ0n) is 18.0. The van der Waals surface area contributed by atoms with E-state index in [2.05, 4.69) is 76.8 Å². The lowest BCUT2D eigenvalue weighted by atomic mass is 9.95. The Bertz CT molecular complexity index is 1080. The van der Waals surface area contributed by atoms with E-state index in [-0.39, 0.29) is 11.3 Å². The number of hydrogen-bond acceptors (Lipinski definition) is 4. The van der Waals surface area contributed by atoms with E-state index < -0.39 is 0 Å². The Kier molecular flexibility index (Phi) is 5.68. The van der Waals surface area contributed by atoms with Crippen molar-refractivity contribution in [3.8, 4) is 11.3 Å². The van der Waals surface area contributed by atoms with Gasteiger partial charge in [0.25, 0.3) is 0 Å². The molecule has 158 valence electrons. The van der Waals surface area contributed by atoms with Crippen LogP contribution in [0.1, 0.15) is 31.9 Å². The van der Waals surface area contributed by atoms with Crippen LogP contribution in [0.4, 0.5) is 0 Å². The van der Waals surface area contributed by atoms with Crippen molar-refractivity contribution in [2.45, 2.75) is 34.2 Å². The van der Waals surface area contributed by atoms with Crippen LogP contribution in [0.25, 0.3) is 16.8 Å². The summed E-state index contributed by atoms with van der Waals surface area (Å²) in [6.07, 6.45) is 3.50. The molecule has 30 heavy (non-hydrogen) atoms. The first kappa shape index (κ1) is 21.0. The summed E-state index contributed by atoms with van der Waals surface area (Å²) in [6.45, 7) is 12.6. The maximum absolute atomic E-state index is 12.7. The van der Waals surface area contributed by atoms with Crippen LogP contribution < -0.4 is 0 Å². The highest BCUT2D eigenvalue weighted by Gasteiger charge is 2.27. The van der Waals surface area contributed by atoms with Gasteiger partial charge in [-0.2, -0.15) is 5.10 Å². The number of amides is 1. The molecule has 0 spiro atoms. The number of halogens is 1. The molecule has 0 atom stereocenters. The summed E-state index contributed by atoms with van der Waals surface area (Å²) >= 11 is 3.51. The summed E-state index contributed by atoms with van der Waals surface area (Å²) < 4.78 is 2.80. The molecule has 1 fully saturated rings. The topological polar surface area (TPSA) is 53.7 Å². The lowest BCUT2D eigenvalue weighted by Crippen LogP contribution is -2.51. The number of aromatic nitrogens is 3. The summed E-state index contributed by atoms with van der Waals surface area (Å²) in [4.78, 5) is 21.5. The normalized spacial score (nSPS) is 15.9. The highest BCUT2D eigenvalue weighted by atomic mass is 79.9. The Morgan fingerprint density at radius 3 is 2.67 bits per heavy atom. The molecular weight excluding hydrogens is 442 g/mol. The molecule has 1 aliphatic rings. The lowest BCUT2D eigenvalue weighted by Gasteiger charge is -2.37. The highest BCUT2D eigenvalue weighted by molar-refractivity contribution is 9.10. The fraction of sp³-hybridized carbons (Fsp3) is 0.435. The molecule has 0 bridgehead atoms. The standard InChI is InChI=1S/C23H28BrN5O/c1-16-9-17(22-20-10-19(24)12-29(20)26-15-25-22)5-6-18(16)11-28-8-7-27(13-21(28)30)14-23(2,3)4/h5-6,9-10,12,15H,7-8,11,13-14H2,1-4H3. The number of carbonyl (C=O) groups excluding carboxylic acids is 1. The maximum Gasteiger partial charge on any atom is 0.237 e. The molecule has 1 saturated heterocycles. The molecule has 0 unspecified atom stereocenters. The Morgan fingerprint density at radius 2 is 1.97 bits per heavy atom. The van der Waals surface area contributed by atoms with E-state index in [1.165, 1.54) is 11.1 Å². The van der Waals surface area contributed by atoms with Gasteiger partial charge in [-0.15, -0.1) is 0 Å². The molecule has 2 aromatic heterocycles. The molecule has 0 N–H and O–H groups in total. The quantitative estimate of drug-likeness (QED) is 0.575. The predicted octanol–water partition coefficient (Wildman–Crippen LogP) is 4.16. The van der Waals surface area contributed by atoms with Gasteiger partial charge in [0.05, 0.1) is 17.8 Å². The minimum atomic E-state index is 0.205. The molecule has 0 radical (unpaired) electrons. The van der Waals surface area contributed by atoms with Crippen LogP contribution in [0.3, 0.4) is 0 Å². The van der Waals surface area contributed by atoms with E-state index in [4.69, 9.17) is 0 Å². The summed E-state index contributed by atoms with van der Waals surface area (Å²) in [5.41, 5.74) is 5.46. The summed E-state index contributed by atoms with van der Waals surface area (Å²) in [5, 5.41) is 4.27. The number of rotatable bonds is 4. The number of fused-ring (bicyclic) bond motifs is 1. The maximum atomic E-state index is 12.7. The van der Waals surface area contributed by atoms with E-state index in [1.54, 1.807) is 6.33 Å². The Morgan fingerprint density at radius 1 is 1.17 bits per heavy atom. The van der Waals surface area contributed by atoms with Crippen LogP contribution >= 0.6 is 15.9 Å². The van der Waals surface area contributed by atoms with Crippen LogP contribution in [0, 0.1) is 12.3 Å². The van der Waals surface area contributed by atoms with Crippen molar-refractivity contribution in [2.24, 2.45) is 5.41 Å². The van der Waals surface area contributed by atoms with Crippen molar-refractivity contribution in [1.82, 2.24) is 24.4 Å². The van der Waals surface area contributed by atoms with Crippen LogP contribution in [0.15, 0.2) is 41.3 Å². The second-order valence-electron chi connectivity index (χ2n) is 9.32. The number of carbonyl (C=O) groups is 1. The van der Waals surface area contributed by atoms with Crippen molar-refractivity contribution in [1.29, 1.82) is 0 Å². The molecule has 4 rings (SSSR count). The monoisotopic (exact) mass is 469 g/mol. The number of benzene rings is 1. The number of piperazine rings is 1. The molecule has 0 saturated carbocycles. The fourth-order valence-electron chi connectivity index (χ4n) is 4.08. The molecule has 7 heteroatoms. The van der Waals surface area contributed by atoms with E-state index in [0.29, 0.717) is 13.1 Å². The molecular formula is C23H28BrN5O. The van der Waals surface area contributed by atoms with Crippen LogP contribution in [0.5, 0.6) is 0 Å². The Labute approximate surface area is 186 Å². The fourth-order valence-corrected chi connectivity index (χ4v) is 4.49. The largest absolute Gasteiger partial charge is 0.336 e. The van der Waals surface area contributed by atoms with Gasteiger partial charge in [0, 0.05) is 42.4 Å². The van der Waals surface area contributed by atoms with E-state index in [9.17, 15) is 4.79 Å². The number of hydrogen-bond donors (Lipinski definition) is 0. The highest BCUT2D eigenvalue weighted by Crippen LogP contribution is 2.27. The SMILES string of the molecule is Cc1cc(-c2ncnn3cc(Br)cc23)ccc1CN1CCN(CC(C)(C)C)CC1=O. The molecule has 1 aliphatic heterocycles. The van der Waals surface area contributed by atoms with Crippen molar-refractivity contribution in [3.05, 3.63) is 52.4 Å². The molecule has 1 aromatic carbocycles. The average Bonchev–Trinajstić information content (AvgIpc) is 3.04. The number of nitrogens with zero attached hydrogens (tertiary/aromatic N) is 5. The van der Waals surface area contributed by atoms with Gasteiger partial charge in [-0.05, 0) is 51.5 Å². The second kappa shape index (κ2) is 8.12. The van der Waals surface area contributed by atoms with Gasteiger partial charge in [-0.1, -0.05) is 32.9 Å². The van der Waals surface area contributed by atoms with E-state index >= 15 is 0 Å². The molecule has 3 aromatic rings. The van der Waals surface area contributed by atoms with Crippen molar-refractivity contribution in [2.75, 3.05) is 26.2 Å². The molecule has 3 heterocycles. The summed E-state index contributed by atoms with van der Waals surface area (Å²) in [6, 6.07) is 8.38. The van der Waals surface area contributed by atoms with E-state index in [1.807, 2.05) is 21.7 Å². The third kappa shape index (κ3) is 4.57. The van der Waals surface area contributed by atoms with Crippen LogP contribution in [-0.2, 0) is 11.3 Å². The van der Waals surface area contributed by atoms with Crippen LogP contribution in [-0.4, -0.2) is 56.5 Å². The summed E-state index contributed by atoms with van der Waals surface area (Å²) in [5.74, 6) is 0.213. The molecule has 0 aliphatic carbocycles. The molecule has 6 nitrogen and oxygen atoms in total. The number of aryl methyl sites for hydroxylation is 1. The Hall–Kier alpha value is -2.25. The zero-order chi connectivity index (χ0) is 21.5. The molecule has 1 amide bonds. The van der Waals surface area contributed by atoms with Gasteiger partial charge in [0.15, 0.2) is 0 Å². The zero-order valence-corrected chi connectivity index (χ0v) is 19.6. The minimum Gasteiger partial charge on any atom is -0.336 e. The average molecular weight is 470 g/mol. The minimum absolute atomic E-state index is 0.205. The first-order chi connectivity index (χ1) is 14.2. The van der Waals surface area contributed by atoms with Crippen LogP contribution in [0.2, 0.25) is 0 Å². The first-order valence-corrected chi connectivity index (χ1v) is 11.1. The van der Waals surface area contributed by atoms with Crippen molar-refractivity contribution in [3.63, 3.8) is 0 Å². The second-order valence-corrected chi connectivity index (χ2v) is 10.2. The first-order valence-electron chi connectivity index (χ1n) is 10.3.